The Morgan fingerprint density at radius 2 is 2.67 bits per heavy atom. The van der Waals surface area contributed by atoms with Crippen LogP contribution in [-0.4, -0.2) is 11.0 Å². The highest BCUT2D eigenvalue weighted by molar-refractivity contribution is 7.05. The van der Waals surface area contributed by atoms with Gasteiger partial charge in [-0.1, -0.05) is 0 Å². The molecule has 0 N–H and O–H groups in total. The highest BCUT2D eigenvalue weighted by atomic mass is 32.1. The van der Waals surface area contributed by atoms with Gasteiger partial charge in [0.1, 0.15) is 0 Å². The first-order chi connectivity index (χ1) is 4.47. The van der Waals surface area contributed by atoms with Gasteiger partial charge in [-0.3, -0.25) is 0 Å². The topological polar surface area (TPSA) is 22.1 Å². The van der Waals surface area contributed by atoms with Crippen LogP contribution in [0.3, 0.4) is 0 Å². The Kier molecular flexibility index (Phi) is 1.24. The highest BCUT2D eigenvalue weighted by Crippen LogP contribution is 2.18. The predicted octanol–water partition coefficient (Wildman–Crippen LogP) is 1.22. The maximum Gasteiger partial charge on any atom is 0.0828 e. The van der Waals surface area contributed by atoms with Crippen LogP contribution in [0.4, 0.5) is 0 Å². The third-order valence-corrected chi connectivity index (χ3v) is 2.29. The van der Waals surface area contributed by atoms with E-state index in [4.69, 9.17) is 4.74 Å². The second-order valence-electron chi connectivity index (χ2n) is 2.08. The van der Waals surface area contributed by atoms with Gasteiger partial charge in [-0.05, 0) is 23.5 Å². The molecule has 0 fully saturated rings. The van der Waals surface area contributed by atoms with E-state index in [2.05, 4.69) is 4.37 Å². The van der Waals surface area contributed by atoms with Crippen LogP contribution < -0.4 is 0 Å². The normalized spacial score (nSPS) is 17.3. The second kappa shape index (κ2) is 2.08. The lowest BCUT2D eigenvalue weighted by molar-refractivity contribution is 0.113. The maximum absolute atomic E-state index is 5.22. The van der Waals surface area contributed by atoms with Crippen molar-refractivity contribution in [2.75, 3.05) is 6.61 Å². The van der Waals surface area contributed by atoms with Gasteiger partial charge in [0.05, 0.1) is 18.1 Å². The fourth-order valence-corrected chi connectivity index (χ4v) is 1.67. The molecule has 0 saturated carbocycles. The lowest BCUT2D eigenvalue weighted by Gasteiger charge is -2.09. The molecule has 0 unspecified atom stereocenters. The molecule has 2 nitrogen and oxygen atoms in total. The summed E-state index contributed by atoms with van der Waals surface area (Å²) in [6, 6.07) is 0. The van der Waals surface area contributed by atoms with E-state index in [0.29, 0.717) is 0 Å². The zero-order chi connectivity index (χ0) is 6.10. The van der Waals surface area contributed by atoms with Crippen LogP contribution in [0.15, 0.2) is 6.20 Å². The summed E-state index contributed by atoms with van der Waals surface area (Å²) >= 11 is 1.55. The van der Waals surface area contributed by atoms with Crippen molar-refractivity contribution in [3.63, 3.8) is 0 Å². The van der Waals surface area contributed by atoms with E-state index in [9.17, 15) is 0 Å². The molecule has 1 aromatic heterocycles. The Hall–Kier alpha value is -0.410. The molecule has 0 radical (unpaired) electrons. The quantitative estimate of drug-likeness (QED) is 0.542. The molecule has 1 aliphatic rings. The lowest BCUT2D eigenvalue weighted by Crippen LogP contribution is -2.05. The Morgan fingerprint density at radius 1 is 1.67 bits per heavy atom. The maximum atomic E-state index is 5.22. The Bertz CT molecular complexity index is 188. The molecule has 0 aromatic carbocycles. The van der Waals surface area contributed by atoms with Gasteiger partial charge in [-0.15, -0.1) is 0 Å². The highest BCUT2D eigenvalue weighted by Gasteiger charge is 2.09. The van der Waals surface area contributed by atoms with Crippen molar-refractivity contribution < 1.29 is 4.74 Å². The van der Waals surface area contributed by atoms with Gasteiger partial charge in [-0.25, -0.2) is 4.37 Å². The number of hydrogen-bond donors (Lipinski definition) is 0. The number of aromatic nitrogens is 1. The van der Waals surface area contributed by atoms with E-state index in [1.54, 1.807) is 11.5 Å². The van der Waals surface area contributed by atoms with Crippen LogP contribution in [0, 0.1) is 0 Å². The monoisotopic (exact) mass is 141 g/mol. The number of rotatable bonds is 0. The first-order valence-electron chi connectivity index (χ1n) is 2.97. The average Bonchev–Trinajstić information content (AvgIpc) is 2.33. The van der Waals surface area contributed by atoms with Gasteiger partial charge >= 0.3 is 0 Å². The van der Waals surface area contributed by atoms with Crippen molar-refractivity contribution in [3.05, 3.63) is 16.6 Å². The average molecular weight is 141 g/mol. The van der Waals surface area contributed by atoms with E-state index in [-0.39, 0.29) is 0 Å². The molecule has 2 rings (SSSR count). The molecule has 48 valence electrons. The Morgan fingerprint density at radius 3 is 3.56 bits per heavy atom. The van der Waals surface area contributed by atoms with Gasteiger partial charge in [0, 0.05) is 6.20 Å². The third-order valence-electron chi connectivity index (χ3n) is 1.48. The Labute approximate surface area is 57.6 Å². The molecule has 0 bridgehead atoms. The molecule has 1 aromatic rings. The molecule has 0 aliphatic carbocycles. The first kappa shape index (κ1) is 5.38. The second-order valence-corrected chi connectivity index (χ2v) is 2.96. The summed E-state index contributed by atoms with van der Waals surface area (Å²) in [6.07, 6.45) is 2.99. The summed E-state index contributed by atoms with van der Waals surface area (Å²) in [7, 11) is 0. The largest absolute Gasteiger partial charge is 0.376 e. The zero-order valence-corrected chi connectivity index (χ0v) is 5.78. The van der Waals surface area contributed by atoms with Gasteiger partial charge < -0.3 is 4.74 Å². The SMILES string of the molecule is c1nsc2c1CCOC2. The number of ether oxygens (including phenoxy) is 1. The fourth-order valence-electron chi connectivity index (χ4n) is 0.954. The van der Waals surface area contributed by atoms with E-state index >= 15 is 0 Å². The molecular weight excluding hydrogens is 134 g/mol. The van der Waals surface area contributed by atoms with Crippen LogP contribution in [0.5, 0.6) is 0 Å². The van der Waals surface area contributed by atoms with Crippen LogP contribution >= 0.6 is 11.5 Å². The van der Waals surface area contributed by atoms with Crippen molar-refractivity contribution in [3.8, 4) is 0 Å². The van der Waals surface area contributed by atoms with Crippen LogP contribution in [-0.2, 0) is 17.8 Å². The van der Waals surface area contributed by atoms with Gasteiger partial charge in [0.15, 0.2) is 0 Å². The third kappa shape index (κ3) is 0.862. The molecule has 9 heavy (non-hydrogen) atoms. The summed E-state index contributed by atoms with van der Waals surface area (Å²) in [5.41, 5.74) is 1.38. The molecule has 3 heteroatoms. The summed E-state index contributed by atoms with van der Waals surface area (Å²) in [5, 5.41) is 0. The molecule has 0 atom stereocenters. The van der Waals surface area contributed by atoms with E-state index < -0.39 is 0 Å². The summed E-state index contributed by atoms with van der Waals surface area (Å²) < 4.78 is 9.29. The summed E-state index contributed by atoms with van der Waals surface area (Å²) in [5.74, 6) is 0. The van der Waals surface area contributed by atoms with Crippen LogP contribution in [0.1, 0.15) is 10.4 Å². The van der Waals surface area contributed by atoms with E-state index in [1.807, 2.05) is 6.20 Å². The van der Waals surface area contributed by atoms with Crippen molar-refractivity contribution >= 4 is 11.5 Å². The molecule has 0 saturated heterocycles. The van der Waals surface area contributed by atoms with Crippen molar-refractivity contribution in [1.29, 1.82) is 0 Å². The standard InChI is InChI=1S/C6H7NOS/c1-2-8-4-6-5(1)3-7-9-6/h3H,1-2,4H2. The van der Waals surface area contributed by atoms with Crippen LogP contribution in [0.25, 0.3) is 0 Å². The minimum atomic E-state index is 0.778. The van der Waals surface area contributed by atoms with E-state index in [0.717, 1.165) is 19.6 Å². The van der Waals surface area contributed by atoms with Gasteiger partial charge in [0.25, 0.3) is 0 Å². The first-order valence-corrected chi connectivity index (χ1v) is 3.74. The fraction of sp³-hybridized carbons (Fsp3) is 0.500. The smallest absolute Gasteiger partial charge is 0.0828 e. The molecule has 0 spiro atoms. The van der Waals surface area contributed by atoms with Crippen molar-refractivity contribution in [1.82, 2.24) is 4.37 Å². The predicted molar refractivity (Wildman–Crippen MR) is 35.5 cm³/mol. The van der Waals surface area contributed by atoms with E-state index in [1.165, 1.54) is 10.4 Å². The minimum Gasteiger partial charge on any atom is -0.376 e. The van der Waals surface area contributed by atoms with Gasteiger partial charge in [-0.2, -0.15) is 0 Å². The van der Waals surface area contributed by atoms with Crippen LogP contribution in [0.2, 0.25) is 0 Å². The molecule has 1 aliphatic heterocycles. The minimum absolute atomic E-state index is 0.778. The Balaban J connectivity index is 2.39. The van der Waals surface area contributed by atoms with Gasteiger partial charge in [0.2, 0.25) is 0 Å². The number of fused-ring (bicyclic) bond motifs is 1. The molecule has 0 amide bonds. The van der Waals surface area contributed by atoms with Crippen molar-refractivity contribution in [2.24, 2.45) is 0 Å². The molecular formula is C6H7NOS. The summed E-state index contributed by atoms with van der Waals surface area (Å²) in [4.78, 5) is 1.31. The summed E-state index contributed by atoms with van der Waals surface area (Å²) in [6.45, 7) is 1.64. The van der Waals surface area contributed by atoms with Crippen molar-refractivity contribution in [2.45, 2.75) is 13.0 Å². The number of nitrogens with zero attached hydrogens (tertiary/aromatic N) is 1. The number of hydrogen-bond acceptors (Lipinski definition) is 3. The lowest BCUT2D eigenvalue weighted by atomic mass is 10.2. The zero-order valence-electron chi connectivity index (χ0n) is 4.96. The molecule has 2 heterocycles.